The molecular formula is C28H27FN2O7S. The van der Waals surface area contributed by atoms with E-state index < -0.39 is 23.4 Å². The molecule has 2 aliphatic rings. The number of carbonyl (C=O) groups excluding carboxylic acids is 3. The SMILES string of the molecule is CC[C@@]1(OC(C)=O)C(=O)OCc2c1cc1n(c2=S)Cc2c-1nc1cc(F)c(OC)cc1c2CCCOC(C)=O. The number of hydrogen-bond donors (Lipinski definition) is 0. The van der Waals surface area contributed by atoms with Crippen molar-refractivity contribution < 1.29 is 37.7 Å². The summed E-state index contributed by atoms with van der Waals surface area (Å²) in [6.45, 7) is 4.91. The summed E-state index contributed by atoms with van der Waals surface area (Å²) in [5.74, 6) is -2.09. The summed E-state index contributed by atoms with van der Waals surface area (Å²) in [5.41, 5.74) is 2.88. The smallest absolute Gasteiger partial charge is 0.355 e. The molecular weight excluding hydrogens is 527 g/mol. The minimum atomic E-state index is -1.63. The third kappa shape index (κ3) is 4.34. The summed E-state index contributed by atoms with van der Waals surface area (Å²) in [6.07, 6.45) is 1.22. The number of aromatic nitrogens is 2. The predicted molar refractivity (Wildman–Crippen MR) is 140 cm³/mol. The van der Waals surface area contributed by atoms with Gasteiger partial charge in [-0.2, -0.15) is 0 Å². The van der Waals surface area contributed by atoms with Crippen molar-refractivity contribution >= 4 is 41.0 Å². The average molecular weight is 555 g/mol. The lowest BCUT2D eigenvalue weighted by atomic mass is 9.85. The zero-order valence-electron chi connectivity index (χ0n) is 22.0. The molecule has 204 valence electrons. The summed E-state index contributed by atoms with van der Waals surface area (Å²) in [7, 11) is 1.40. The number of carbonyl (C=O) groups is 3. The average Bonchev–Trinajstić information content (AvgIpc) is 3.25. The molecule has 5 rings (SSSR count). The molecule has 39 heavy (non-hydrogen) atoms. The van der Waals surface area contributed by atoms with E-state index in [0.29, 0.717) is 52.1 Å². The van der Waals surface area contributed by atoms with Gasteiger partial charge in [-0.05, 0) is 37.0 Å². The van der Waals surface area contributed by atoms with Gasteiger partial charge in [0.15, 0.2) is 11.6 Å². The predicted octanol–water partition coefficient (Wildman–Crippen LogP) is 4.66. The Hall–Kier alpha value is -3.86. The Morgan fingerprint density at radius 1 is 1.21 bits per heavy atom. The number of aryl methyl sites for hydroxylation is 1. The standard InChI is InChI=1S/C28H27FN2O7S/c1-5-28(38-15(3)33)20-10-23-25-18(12-31(23)26(39)19(20)13-37-27(28)34)16(7-6-8-36-14(2)32)17-9-24(35-4)21(29)11-22(17)30-25/h9-11H,5-8,12-13H2,1-4H3/t28-/m0/s1. The van der Waals surface area contributed by atoms with E-state index in [-0.39, 0.29) is 31.4 Å². The van der Waals surface area contributed by atoms with Crippen LogP contribution in [0, 0.1) is 10.5 Å². The van der Waals surface area contributed by atoms with E-state index >= 15 is 0 Å². The van der Waals surface area contributed by atoms with E-state index in [2.05, 4.69) is 0 Å². The molecule has 3 aromatic rings. The molecule has 1 atom stereocenters. The fourth-order valence-corrected chi connectivity index (χ4v) is 5.80. The number of hydrogen-bond acceptors (Lipinski definition) is 9. The van der Waals surface area contributed by atoms with Crippen molar-refractivity contribution in [3.8, 4) is 17.1 Å². The molecule has 2 aromatic heterocycles. The maximum absolute atomic E-state index is 14.8. The molecule has 4 heterocycles. The first-order valence-electron chi connectivity index (χ1n) is 12.6. The van der Waals surface area contributed by atoms with Gasteiger partial charge in [-0.3, -0.25) is 9.59 Å². The van der Waals surface area contributed by atoms with Crippen molar-refractivity contribution in [3.63, 3.8) is 0 Å². The number of halogens is 1. The lowest BCUT2D eigenvalue weighted by molar-refractivity contribution is -0.188. The van der Waals surface area contributed by atoms with Gasteiger partial charge in [0.1, 0.15) is 11.2 Å². The van der Waals surface area contributed by atoms with Crippen molar-refractivity contribution in [3.05, 3.63) is 50.9 Å². The van der Waals surface area contributed by atoms with E-state index in [4.69, 9.17) is 36.1 Å². The van der Waals surface area contributed by atoms with Crippen LogP contribution in [0.25, 0.3) is 22.3 Å². The molecule has 1 aromatic carbocycles. The van der Waals surface area contributed by atoms with Gasteiger partial charge in [0.2, 0.25) is 5.60 Å². The monoisotopic (exact) mass is 554 g/mol. The van der Waals surface area contributed by atoms with Crippen LogP contribution < -0.4 is 4.74 Å². The molecule has 2 aliphatic heterocycles. The summed E-state index contributed by atoms with van der Waals surface area (Å²) in [6, 6.07) is 4.74. The second kappa shape index (κ2) is 10.0. The number of methoxy groups -OCH3 is 1. The molecule has 0 amide bonds. The fraction of sp³-hybridized carbons (Fsp3) is 0.393. The lowest BCUT2D eigenvalue weighted by Crippen LogP contribution is -2.45. The van der Waals surface area contributed by atoms with Crippen LogP contribution in [0.15, 0.2) is 18.2 Å². The lowest BCUT2D eigenvalue weighted by Gasteiger charge is -2.35. The van der Waals surface area contributed by atoms with Crippen molar-refractivity contribution in [2.24, 2.45) is 0 Å². The van der Waals surface area contributed by atoms with Crippen molar-refractivity contribution in [2.75, 3.05) is 13.7 Å². The van der Waals surface area contributed by atoms with Crippen molar-refractivity contribution in [2.45, 2.75) is 58.8 Å². The highest BCUT2D eigenvalue weighted by atomic mass is 32.1. The number of esters is 3. The molecule has 0 fully saturated rings. The summed E-state index contributed by atoms with van der Waals surface area (Å²) in [5, 5.41) is 0.722. The zero-order chi connectivity index (χ0) is 28.1. The molecule has 0 N–H and O–H groups in total. The highest BCUT2D eigenvalue weighted by molar-refractivity contribution is 7.71. The summed E-state index contributed by atoms with van der Waals surface area (Å²) >= 11 is 5.87. The molecule has 0 saturated carbocycles. The van der Waals surface area contributed by atoms with Crippen LogP contribution in [0.5, 0.6) is 5.75 Å². The number of ether oxygens (including phenoxy) is 4. The molecule has 0 unspecified atom stereocenters. The molecule has 9 nitrogen and oxygen atoms in total. The number of nitrogens with zero attached hydrogens (tertiary/aromatic N) is 2. The molecule has 0 radical (unpaired) electrons. The normalized spacial score (nSPS) is 17.2. The molecule has 11 heteroatoms. The maximum atomic E-state index is 14.8. The zero-order valence-corrected chi connectivity index (χ0v) is 22.8. The first-order valence-corrected chi connectivity index (χ1v) is 13.0. The second-order valence-electron chi connectivity index (χ2n) is 9.53. The Morgan fingerprint density at radius 2 is 1.97 bits per heavy atom. The van der Waals surface area contributed by atoms with Gasteiger partial charge >= 0.3 is 17.9 Å². The summed E-state index contributed by atoms with van der Waals surface area (Å²) in [4.78, 5) is 41.1. The largest absolute Gasteiger partial charge is 0.494 e. The van der Waals surface area contributed by atoms with Crippen LogP contribution >= 0.6 is 12.2 Å². The van der Waals surface area contributed by atoms with E-state index in [1.54, 1.807) is 19.1 Å². The van der Waals surface area contributed by atoms with Gasteiger partial charge in [0.05, 0.1) is 37.2 Å². The quantitative estimate of drug-likeness (QED) is 0.140. The Balaban J connectivity index is 1.73. The van der Waals surface area contributed by atoms with Gasteiger partial charge in [-0.25, -0.2) is 14.2 Å². The Morgan fingerprint density at radius 3 is 2.64 bits per heavy atom. The Kier molecular flexibility index (Phi) is 6.88. The maximum Gasteiger partial charge on any atom is 0.355 e. The highest BCUT2D eigenvalue weighted by Gasteiger charge is 2.49. The summed E-state index contributed by atoms with van der Waals surface area (Å²) < 4.78 is 38.5. The van der Waals surface area contributed by atoms with Crippen LogP contribution in [0.1, 0.15) is 55.9 Å². The van der Waals surface area contributed by atoms with Crippen molar-refractivity contribution in [1.82, 2.24) is 9.55 Å². The topological polar surface area (TPSA) is 106 Å². The molecule has 0 saturated heterocycles. The molecule has 0 spiro atoms. The number of cyclic esters (lactones) is 1. The van der Waals surface area contributed by atoms with Gasteiger partial charge in [-0.1, -0.05) is 19.1 Å². The first kappa shape index (κ1) is 26.7. The van der Waals surface area contributed by atoms with E-state index in [0.717, 1.165) is 16.5 Å². The Labute approximate surface area is 228 Å². The number of benzene rings is 1. The van der Waals surface area contributed by atoms with E-state index in [1.165, 1.54) is 27.0 Å². The number of rotatable bonds is 7. The highest BCUT2D eigenvalue weighted by Crippen LogP contribution is 2.44. The van der Waals surface area contributed by atoms with Crippen LogP contribution in [-0.2, 0) is 53.8 Å². The van der Waals surface area contributed by atoms with E-state index in [1.807, 2.05) is 4.57 Å². The first-order chi connectivity index (χ1) is 18.6. The van der Waals surface area contributed by atoms with Gasteiger partial charge in [0, 0.05) is 42.0 Å². The van der Waals surface area contributed by atoms with Gasteiger partial charge in [-0.15, -0.1) is 0 Å². The fourth-order valence-electron chi connectivity index (χ4n) is 5.47. The van der Waals surface area contributed by atoms with Crippen LogP contribution in [0.2, 0.25) is 0 Å². The molecule has 0 bridgehead atoms. The number of pyridine rings is 2. The Bertz CT molecular complexity index is 1620. The van der Waals surface area contributed by atoms with Crippen LogP contribution in [0.3, 0.4) is 0 Å². The van der Waals surface area contributed by atoms with Crippen molar-refractivity contribution in [1.29, 1.82) is 0 Å². The third-order valence-electron chi connectivity index (χ3n) is 7.24. The second-order valence-corrected chi connectivity index (χ2v) is 9.92. The minimum Gasteiger partial charge on any atom is -0.494 e. The molecule has 0 aliphatic carbocycles. The van der Waals surface area contributed by atoms with Crippen LogP contribution in [-0.4, -0.2) is 41.2 Å². The van der Waals surface area contributed by atoms with Gasteiger partial charge < -0.3 is 23.5 Å². The van der Waals surface area contributed by atoms with E-state index in [9.17, 15) is 18.8 Å². The number of fused-ring (bicyclic) bond motifs is 5. The van der Waals surface area contributed by atoms with Gasteiger partial charge in [0.25, 0.3) is 0 Å². The van der Waals surface area contributed by atoms with Crippen LogP contribution in [0.4, 0.5) is 4.39 Å². The minimum absolute atomic E-state index is 0.0420. The third-order valence-corrected chi connectivity index (χ3v) is 7.71.